The van der Waals surface area contributed by atoms with Crippen molar-refractivity contribution in [2.45, 2.75) is 18.4 Å². The minimum atomic E-state index is -1.28. The van der Waals surface area contributed by atoms with E-state index in [9.17, 15) is 14.7 Å². The molecule has 1 aliphatic heterocycles. The molecule has 1 aliphatic rings. The Morgan fingerprint density at radius 1 is 1.15 bits per heavy atom. The van der Waals surface area contributed by atoms with E-state index in [4.69, 9.17) is 4.74 Å². The summed E-state index contributed by atoms with van der Waals surface area (Å²) in [5.41, 5.74) is -0.585. The highest BCUT2D eigenvalue weighted by Crippen LogP contribution is 2.35. The predicted molar refractivity (Wildman–Crippen MR) is 92.0 cm³/mol. The molecule has 138 valence electrons. The van der Waals surface area contributed by atoms with E-state index in [1.807, 2.05) is 30.3 Å². The van der Waals surface area contributed by atoms with E-state index in [2.05, 4.69) is 20.3 Å². The van der Waals surface area contributed by atoms with Gasteiger partial charge in [0.15, 0.2) is 5.82 Å². The molecular weight excluding hydrogens is 338 g/mol. The van der Waals surface area contributed by atoms with Crippen LogP contribution in [0.15, 0.2) is 47.2 Å². The van der Waals surface area contributed by atoms with Crippen molar-refractivity contribution in [3.63, 3.8) is 0 Å². The third-order valence-corrected chi connectivity index (χ3v) is 4.57. The van der Waals surface area contributed by atoms with Crippen LogP contribution in [0.4, 0.5) is 5.82 Å². The van der Waals surface area contributed by atoms with Gasteiger partial charge < -0.3 is 19.7 Å². The van der Waals surface area contributed by atoms with Crippen molar-refractivity contribution in [2.24, 2.45) is 5.92 Å². The lowest BCUT2D eigenvalue weighted by molar-refractivity contribution is -0.137. The van der Waals surface area contributed by atoms with Crippen molar-refractivity contribution in [3.05, 3.63) is 48.2 Å². The molecule has 0 spiro atoms. The van der Waals surface area contributed by atoms with Gasteiger partial charge in [-0.15, -0.1) is 0 Å². The van der Waals surface area contributed by atoms with Crippen LogP contribution in [-0.2, 0) is 19.9 Å². The molecule has 1 fully saturated rings. The summed E-state index contributed by atoms with van der Waals surface area (Å²) in [5.74, 6) is -1.67. The first-order valence-corrected chi connectivity index (χ1v) is 8.45. The second kappa shape index (κ2) is 8.11. The summed E-state index contributed by atoms with van der Waals surface area (Å²) in [5, 5.41) is 19.7. The van der Waals surface area contributed by atoms with E-state index in [0.29, 0.717) is 31.6 Å². The number of carbonyl (C=O) groups is 2. The minimum absolute atomic E-state index is 0.0766. The molecule has 0 bridgehead atoms. The number of aromatic nitrogens is 1. The second-order valence-corrected chi connectivity index (χ2v) is 6.20. The van der Waals surface area contributed by atoms with Gasteiger partial charge >= 0.3 is 11.8 Å². The topological polar surface area (TPSA) is 114 Å². The van der Waals surface area contributed by atoms with Crippen molar-refractivity contribution < 1.29 is 24.0 Å². The standard InChI is InChI=1S/C18H21N3O5/c22-16(17(23)20-15-8-11-26-21-15)19-12-18(24,13-4-2-1-3-5-13)14-6-9-25-10-7-14/h1-5,8,11,14,24H,6-7,9-10,12H2,(H,19,22)(H,20,21,23)/t18-/m1/s1. The third kappa shape index (κ3) is 4.09. The maximum absolute atomic E-state index is 12.1. The van der Waals surface area contributed by atoms with E-state index < -0.39 is 17.4 Å². The van der Waals surface area contributed by atoms with Crippen molar-refractivity contribution in [3.8, 4) is 0 Å². The molecule has 3 rings (SSSR count). The average molecular weight is 359 g/mol. The van der Waals surface area contributed by atoms with E-state index in [1.54, 1.807) is 0 Å². The summed E-state index contributed by atoms with van der Waals surface area (Å²) in [7, 11) is 0. The number of amides is 2. The van der Waals surface area contributed by atoms with Crippen molar-refractivity contribution >= 4 is 17.6 Å². The van der Waals surface area contributed by atoms with Crippen LogP contribution in [0.2, 0.25) is 0 Å². The lowest BCUT2D eigenvalue weighted by Gasteiger charge is -2.39. The zero-order valence-electron chi connectivity index (χ0n) is 14.2. The van der Waals surface area contributed by atoms with Crippen LogP contribution in [0.5, 0.6) is 0 Å². The van der Waals surface area contributed by atoms with Gasteiger partial charge in [0, 0.05) is 19.3 Å². The Hall–Kier alpha value is -2.71. The Labute approximate surface area is 150 Å². The highest BCUT2D eigenvalue weighted by molar-refractivity contribution is 6.39. The van der Waals surface area contributed by atoms with Crippen LogP contribution in [-0.4, -0.2) is 41.8 Å². The summed E-state index contributed by atoms with van der Waals surface area (Å²) in [6, 6.07) is 10.6. The molecule has 0 unspecified atom stereocenters. The number of nitrogens with zero attached hydrogens (tertiary/aromatic N) is 1. The Kier molecular flexibility index (Phi) is 5.65. The fourth-order valence-electron chi connectivity index (χ4n) is 3.13. The number of benzene rings is 1. The smallest absolute Gasteiger partial charge is 0.314 e. The van der Waals surface area contributed by atoms with E-state index >= 15 is 0 Å². The zero-order valence-corrected chi connectivity index (χ0v) is 14.2. The number of rotatable bonds is 5. The summed E-state index contributed by atoms with van der Waals surface area (Å²) in [6.45, 7) is 1.04. The molecular formula is C18H21N3O5. The fraction of sp³-hybridized carbons (Fsp3) is 0.389. The minimum Gasteiger partial charge on any atom is -0.383 e. The lowest BCUT2D eigenvalue weighted by atomic mass is 9.77. The zero-order chi connectivity index (χ0) is 18.4. The maximum Gasteiger partial charge on any atom is 0.314 e. The number of anilines is 1. The van der Waals surface area contributed by atoms with Gasteiger partial charge in [0.2, 0.25) is 0 Å². The van der Waals surface area contributed by atoms with Gasteiger partial charge in [-0.2, -0.15) is 0 Å². The van der Waals surface area contributed by atoms with Gasteiger partial charge in [0.05, 0.1) is 6.54 Å². The Bertz CT molecular complexity index is 729. The van der Waals surface area contributed by atoms with Gasteiger partial charge in [-0.25, -0.2) is 0 Å². The molecule has 3 N–H and O–H groups in total. The maximum atomic E-state index is 12.1. The second-order valence-electron chi connectivity index (χ2n) is 6.20. The summed E-state index contributed by atoms with van der Waals surface area (Å²) in [6.07, 6.45) is 2.63. The number of aliphatic hydroxyl groups is 1. The Morgan fingerprint density at radius 2 is 1.88 bits per heavy atom. The van der Waals surface area contributed by atoms with Crippen molar-refractivity contribution in [1.82, 2.24) is 10.5 Å². The SMILES string of the molecule is O=C(NC[C@@](O)(c1ccccc1)C1CCOCC1)C(=O)Nc1ccon1. The fourth-order valence-corrected chi connectivity index (χ4v) is 3.13. The van der Waals surface area contributed by atoms with Crippen LogP contribution in [0.3, 0.4) is 0 Å². The molecule has 0 aliphatic carbocycles. The molecule has 8 nitrogen and oxygen atoms in total. The number of carbonyl (C=O) groups excluding carboxylic acids is 2. The van der Waals surface area contributed by atoms with Crippen molar-refractivity contribution in [1.29, 1.82) is 0 Å². The molecule has 1 aromatic carbocycles. The van der Waals surface area contributed by atoms with E-state index in [-0.39, 0.29) is 18.3 Å². The first kappa shape index (κ1) is 18.1. The Morgan fingerprint density at radius 3 is 2.54 bits per heavy atom. The quantitative estimate of drug-likeness (QED) is 0.688. The monoisotopic (exact) mass is 359 g/mol. The van der Waals surface area contributed by atoms with Crippen molar-refractivity contribution in [2.75, 3.05) is 25.1 Å². The summed E-state index contributed by atoms with van der Waals surface area (Å²) < 4.78 is 9.97. The number of nitrogens with one attached hydrogen (secondary N) is 2. The number of hydrogen-bond donors (Lipinski definition) is 3. The molecule has 2 heterocycles. The first-order chi connectivity index (χ1) is 12.6. The lowest BCUT2D eigenvalue weighted by Crippen LogP contribution is -2.49. The molecule has 2 amide bonds. The van der Waals surface area contributed by atoms with Crippen LogP contribution in [0, 0.1) is 5.92 Å². The average Bonchev–Trinajstić information content (AvgIpc) is 3.20. The van der Waals surface area contributed by atoms with E-state index in [1.165, 1.54) is 12.3 Å². The molecule has 1 atom stereocenters. The summed E-state index contributed by atoms with van der Waals surface area (Å²) >= 11 is 0. The predicted octanol–water partition coefficient (Wildman–Crippen LogP) is 1.04. The number of ether oxygens (including phenoxy) is 1. The Balaban J connectivity index is 1.69. The number of hydrogen-bond acceptors (Lipinski definition) is 6. The molecule has 0 radical (unpaired) electrons. The van der Waals surface area contributed by atoms with Crippen LogP contribution in [0.25, 0.3) is 0 Å². The highest BCUT2D eigenvalue weighted by Gasteiger charge is 2.39. The van der Waals surface area contributed by atoms with E-state index in [0.717, 1.165) is 0 Å². The van der Waals surface area contributed by atoms with Gasteiger partial charge in [-0.1, -0.05) is 35.5 Å². The van der Waals surface area contributed by atoms with Crippen LogP contribution < -0.4 is 10.6 Å². The normalized spacial score (nSPS) is 17.3. The van der Waals surface area contributed by atoms with Gasteiger partial charge in [-0.3, -0.25) is 14.9 Å². The largest absolute Gasteiger partial charge is 0.383 e. The highest BCUT2D eigenvalue weighted by atomic mass is 16.5. The molecule has 2 aromatic rings. The van der Waals surface area contributed by atoms with Crippen LogP contribution in [0.1, 0.15) is 18.4 Å². The first-order valence-electron chi connectivity index (χ1n) is 8.45. The molecule has 8 heteroatoms. The third-order valence-electron chi connectivity index (χ3n) is 4.57. The van der Waals surface area contributed by atoms with Crippen LogP contribution >= 0.6 is 0 Å². The van der Waals surface area contributed by atoms with Gasteiger partial charge in [0.1, 0.15) is 11.9 Å². The molecule has 1 aromatic heterocycles. The molecule has 26 heavy (non-hydrogen) atoms. The molecule has 0 saturated carbocycles. The van der Waals surface area contributed by atoms with Gasteiger partial charge in [0.25, 0.3) is 0 Å². The van der Waals surface area contributed by atoms with Gasteiger partial charge in [-0.05, 0) is 24.3 Å². The molecule has 1 saturated heterocycles. The summed E-state index contributed by atoms with van der Waals surface area (Å²) in [4.78, 5) is 24.0.